The number of rotatable bonds is 6. The summed E-state index contributed by atoms with van der Waals surface area (Å²) < 4.78 is 0. The van der Waals surface area contributed by atoms with Crippen molar-refractivity contribution in [1.82, 2.24) is 10.6 Å². The average molecular weight is 303 g/mol. The molecule has 0 radical (unpaired) electrons. The van der Waals surface area contributed by atoms with Crippen LogP contribution >= 0.6 is 11.8 Å². The molecular formula is C17H25N3S. The van der Waals surface area contributed by atoms with Crippen LogP contribution in [0.3, 0.4) is 0 Å². The number of benzene rings is 1. The maximum absolute atomic E-state index is 4.27. The largest absolute Gasteiger partial charge is 0.356 e. The zero-order valence-electron chi connectivity index (χ0n) is 12.9. The summed E-state index contributed by atoms with van der Waals surface area (Å²) in [5, 5.41) is 6.83. The van der Waals surface area contributed by atoms with Gasteiger partial charge in [-0.25, -0.2) is 0 Å². The molecule has 0 unspecified atom stereocenters. The number of thioether (sulfide) groups is 1. The standard InChI is InChI=1S/C17H25N3S/c1-14-7-9-15(10-8-14)13-21-12-11-19-17(18-2)20-16-5-3-4-6-16/h3-4,7-10,16H,5-6,11-13H2,1-2H3,(H2,18,19,20). The lowest BCUT2D eigenvalue weighted by molar-refractivity contribution is 0.636. The Morgan fingerprint density at radius 2 is 1.95 bits per heavy atom. The number of aliphatic imine (C=N–C) groups is 1. The molecule has 0 aliphatic heterocycles. The molecule has 1 aliphatic rings. The second-order valence-corrected chi connectivity index (χ2v) is 6.43. The van der Waals surface area contributed by atoms with Gasteiger partial charge in [0.05, 0.1) is 0 Å². The van der Waals surface area contributed by atoms with E-state index in [2.05, 4.69) is 59.0 Å². The average Bonchev–Trinajstić information content (AvgIpc) is 3.00. The second-order valence-electron chi connectivity index (χ2n) is 5.32. The molecule has 1 aliphatic carbocycles. The molecule has 0 saturated carbocycles. The van der Waals surface area contributed by atoms with E-state index in [1.54, 1.807) is 0 Å². The summed E-state index contributed by atoms with van der Waals surface area (Å²) in [4.78, 5) is 4.27. The molecule has 0 spiro atoms. The molecule has 0 fully saturated rings. The zero-order valence-corrected chi connectivity index (χ0v) is 13.7. The van der Waals surface area contributed by atoms with Crippen molar-refractivity contribution in [1.29, 1.82) is 0 Å². The smallest absolute Gasteiger partial charge is 0.191 e. The van der Waals surface area contributed by atoms with Gasteiger partial charge in [0, 0.05) is 31.1 Å². The first-order valence-corrected chi connectivity index (χ1v) is 8.69. The van der Waals surface area contributed by atoms with Crippen molar-refractivity contribution in [2.24, 2.45) is 4.99 Å². The molecule has 2 rings (SSSR count). The van der Waals surface area contributed by atoms with Crippen LogP contribution in [0.1, 0.15) is 24.0 Å². The molecule has 0 saturated heterocycles. The van der Waals surface area contributed by atoms with Gasteiger partial charge < -0.3 is 10.6 Å². The Labute approximate surface area is 132 Å². The minimum Gasteiger partial charge on any atom is -0.356 e. The fourth-order valence-corrected chi connectivity index (χ4v) is 3.06. The van der Waals surface area contributed by atoms with Crippen LogP contribution in [0.4, 0.5) is 0 Å². The van der Waals surface area contributed by atoms with Crippen molar-refractivity contribution in [2.75, 3.05) is 19.3 Å². The summed E-state index contributed by atoms with van der Waals surface area (Å²) in [7, 11) is 1.83. The Hall–Kier alpha value is -1.42. The van der Waals surface area contributed by atoms with Crippen molar-refractivity contribution in [3.63, 3.8) is 0 Å². The van der Waals surface area contributed by atoms with Gasteiger partial charge in [-0.2, -0.15) is 11.8 Å². The molecule has 0 aromatic heterocycles. The predicted octanol–water partition coefficient (Wildman–Crippen LogP) is 3.11. The number of hydrogen-bond donors (Lipinski definition) is 2. The molecule has 2 N–H and O–H groups in total. The SMILES string of the molecule is CN=C(NCCSCc1ccc(C)cc1)NC1CC=CC1. The maximum atomic E-state index is 4.27. The highest BCUT2D eigenvalue weighted by atomic mass is 32.2. The van der Waals surface area contributed by atoms with Gasteiger partial charge >= 0.3 is 0 Å². The summed E-state index contributed by atoms with van der Waals surface area (Å²) in [6.07, 6.45) is 6.65. The molecule has 0 bridgehead atoms. The van der Waals surface area contributed by atoms with Crippen molar-refractivity contribution < 1.29 is 0 Å². The van der Waals surface area contributed by atoms with E-state index < -0.39 is 0 Å². The molecule has 0 atom stereocenters. The predicted molar refractivity (Wildman–Crippen MR) is 94.0 cm³/mol. The molecular weight excluding hydrogens is 278 g/mol. The number of aryl methyl sites for hydroxylation is 1. The lowest BCUT2D eigenvalue weighted by Crippen LogP contribution is -2.43. The van der Waals surface area contributed by atoms with E-state index in [0.717, 1.165) is 36.9 Å². The third kappa shape index (κ3) is 5.84. The molecule has 4 heteroatoms. The molecule has 0 amide bonds. The van der Waals surface area contributed by atoms with Crippen LogP contribution < -0.4 is 10.6 Å². The molecule has 21 heavy (non-hydrogen) atoms. The minimum absolute atomic E-state index is 0.511. The summed E-state index contributed by atoms with van der Waals surface area (Å²) in [5.74, 6) is 3.07. The summed E-state index contributed by atoms with van der Waals surface area (Å²) in [6, 6.07) is 9.29. The third-order valence-corrected chi connectivity index (χ3v) is 4.53. The number of nitrogens with one attached hydrogen (secondary N) is 2. The quantitative estimate of drug-likeness (QED) is 0.367. The van der Waals surface area contributed by atoms with E-state index in [1.165, 1.54) is 11.1 Å². The zero-order chi connectivity index (χ0) is 14.9. The van der Waals surface area contributed by atoms with E-state index in [0.29, 0.717) is 6.04 Å². The first-order chi connectivity index (χ1) is 10.3. The van der Waals surface area contributed by atoms with Gasteiger partial charge in [-0.05, 0) is 25.3 Å². The maximum Gasteiger partial charge on any atom is 0.191 e. The van der Waals surface area contributed by atoms with E-state index in [4.69, 9.17) is 0 Å². The fourth-order valence-electron chi connectivity index (χ4n) is 2.24. The Morgan fingerprint density at radius 3 is 2.62 bits per heavy atom. The van der Waals surface area contributed by atoms with Gasteiger partial charge in [0.2, 0.25) is 0 Å². The fraction of sp³-hybridized carbons (Fsp3) is 0.471. The Kier molecular flexibility index (Phi) is 6.67. The van der Waals surface area contributed by atoms with Gasteiger partial charge in [0.1, 0.15) is 0 Å². The molecule has 0 heterocycles. The summed E-state index contributed by atoms with van der Waals surface area (Å²) in [6.45, 7) is 3.07. The first-order valence-electron chi connectivity index (χ1n) is 7.53. The van der Waals surface area contributed by atoms with Crippen LogP contribution in [-0.4, -0.2) is 31.3 Å². The monoisotopic (exact) mass is 303 g/mol. The normalized spacial score (nSPS) is 15.4. The van der Waals surface area contributed by atoms with Crippen LogP contribution in [0.5, 0.6) is 0 Å². The lowest BCUT2D eigenvalue weighted by atomic mass is 10.2. The number of hydrogen-bond acceptors (Lipinski definition) is 2. The highest BCUT2D eigenvalue weighted by Crippen LogP contribution is 2.12. The van der Waals surface area contributed by atoms with E-state index in [9.17, 15) is 0 Å². The van der Waals surface area contributed by atoms with E-state index in [-0.39, 0.29) is 0 Å². The summed E-state index contributed by atoms with van der Waals surface area (Å²) in [5.41, 5.74) is 2.71. The Morgan fingerprint density at radius 1 is 1.24 bits per heavy atom. The van der Waals surface area contributed by atoms with Crippen LogP contribution in [-0.2, 0) is 5.75 Å². The topological polar surface area (TPSA) is 36.4 Å². The van der Waals surface area contributed by atoms with Gasteiger partial charge in [0.15, 0.2) is 5.96 Å². The van der Waals surface area contributed by atoms with Gasteiger partial charge in [-0.15, -0.1) is 0 Å². The van der Waals surface area contributed by atoms with Crippen LogP contribution in [0, 0.1) is 6.92 Å². The first kappa shape index (κ1) is 16.0. The van der Waals surface area contributed by atoms with Crippen molar-refractivity contribution in [3.05, 3.63) is 47.5 Å². The minimum atomic E-state index is 0.511. The van der Waals surface area contributed by atoms with Crippen LogP contribution in [0.2, 0.25) is 0 Å². The summed E-state index contributed by atoms with van der Waals surface area (Å²) >= 11 is 1.95. The number of nitrogens with zero attached hydrogens (tertiary/aromatic N) is 1. The Bertz CT molecular complexity index is 471. The van der Waals surface area contributed by atoms with Crippen LogP contribution in [0.15, 0.2) is 41.4 Å². The van der Waals surface area contributed by atoms with Crippen molar-refractivity contribution in [2.45, 2.75) is 31.6 Å². The van der Waals surface area contributed by atoms with Gasteiger partial charge in [0.25, 0.3) is 0 Å². The number of guanidine groups is 1. The molecule has 114 valence electrons. The Balaban J connectivity index is 1.58. The van der Waals surface area contributed by atoms with E-state index in [1.807, 2.05) is 18.8 Å². The molecule has 3 nitrogen and oxygen atoms in total. The third-order valence-electron chi connectivity index (χ3n) is 3.50. The van der Waals surface area contributed by atoms with E-state index >= 15 is 0 Å². The van der Waals surface area contributed by atoms with Crippen LogP contribution in [0.25, 0.3) is 0 Å². The van der Waals surface area contributed by atoms with Crippen molar-refractivity contribution in [3.8, 4) is 0 Å². The highest BCUT2D eigenvalue weighted by molar-refractivity contribution is 7.98. The molecule has 1 aromatic rings. The molecule has 1 aromatic carbocycles. The van der Waals surface area contributed by atoms with Gasteiger partial charge in [-0.3, -0.25) is 4.99 Å². The highest BCUT2D eigenvalue weighted by Gasteiger charge is 2.10. The lowest BCUT2D eigenvalue weighted by Gasteiger charge is -2.16. The second kappa shape index (κ2) is 8.78. The van der Waals surface area contributed by atoms with Gasteiger partial charge in [-0.1, -0.05) is 42.0 Å². The van der Waals surface area contributed by atoms with Crippen molar-refractivity contribution >= 4 is 17.7 Å².